The van der Waals surface area contributed by atoms with Gasteiger partial charge in [0.05, 0.1) is 17.7 Å². The van der Waals surface area contributed by atoms with E-state index in [1.807, 2.05) is 30.3 Å². The Balaban J connectivity index is 1.55. The van der Waals surface area contributed by atoms with Crippen molar-refractivity contribution in [3.63, 3.8) is 0 Å². The summed E-state index contributed by atoms with van der Waals surface area (Å²) >= 11 is 0. The molecule has 0 unspecified atom stereocenters. The van der Waals surface area contributed by atoms with Gasteiger partial charge < -0.3 is 14.3 Å². The van der Waals surface area contributed by atoms with Crippen LogP contribution in [-0.2, 0) is 16.6 Å². The van der Waals surface area contributed by atoms with Crippen LogP contribution in [-0.4, -0.2) is 19.5 Å². The fourth-order valence-corrected chi connectivity index (χ4v) is 4.07. The third kappa shape index (κ3) is 4.57. The van der Waals surface area contributed by atoms with Crippen molar-refractivity contribution in [2.45, 2.75) is 18.4 Å². The summed E-state index contributed by atoms with van der Waals surface area (Å²) in [5, 5.41) is 6.73. The van der Waals surface area contributed by atoms with Crippen molar-refractivity contribution in [1.82, 2.24) is 9.88 Å². The molecule has 0 radical (unpaired) electrons. The zero-order valence-electron chi connectivity index (χ0n) is 16.5. The number of carbonyl (C=O) groups is 1. The monoisotopic (exact) mass is 437 g/mol. The van der Waals surface area contributed by atoms with E-state index in [1.165, 1.54) is 18.4 Å². The first-order valence-corrected chi connectivity index (χ1v) is 10.9. The van der Waals surface area contributed by atoms with Crippen molar-refractivity contribution in [2.75, 3.05) is 5.32 Å². The van der Waals surface area contributed by atoms with Gasteiger partial charge in [0.1, 0.15) is 22.8 Å². The Morgan fingerprint density at radius 3 is 2.58 bits per heavy atom. The number of benzene rings is 2. The number of aryl methyl sites for hydroxylation is 1. The Labute approximate surface area is 178 Å². The van der Waals surface area contributed by atoms with Gasteiger partial charge in [-0.3, -0.25) is 4.79 Å². The predicted octanol–water partition coefficient (Wildman–Crippen LogP) is 3.97. The summed E-state index contributed by atoms with van der Waals surface area (Å²) in [5.74, 6) is 0.403. The van der Waals surface area contributed by atoms with Gasteiger partial charge in [-0.2, -0.15) is 0 Å². The molecule has 0 spiro atoms. The highest BCUT2D eigenvalue weighted by Crippen LogP contribution is 2.26. The van der Waals surface area contributed by atoms with Gasteiger partial charge in [0.15, 0.2) is 0 Å². The first kappa shape index (κ1) is 20.6. The van der Waals surface area contributed by atoms with Crippen molar-refractivity contribution in [2.24, 2.45) is 0 Å². The molecular formula is C22H19N3O5S. The normalized spacial score (nSPS) is 11.4. The Bertz CT molecular complexity index is 1300. The van der Waals surface area contributed by atoms with Crippen LogP contribution in [0.4, 0.5) is 5.69 Å². The molecule has 2 heterocycles. The third-order valence-electron chi connectivity index (χ3n) is 4.56. The van der Waals surface area contributed by atoms with Crippen LogP contribution in [0, 0.1) is 6.92 Å². The maximum absolute atomic E-state index is 12.9. The summed E-state index contributed by atoms with van der Waals surface area (Å²) < 4.78 is 38.0. The average Bonchev–Trinajstić information content (AvgIpc) is 3.43. The topological polar surface area (TPSA) is 114 Å². The van der Waals surface area contributed by atoms with E-state index in [2.05, 4.69) is 15.2 Å². The summed E-state index contributed by atoms with van der Waals surface area (Å²) in [6.07, 6.45) is 1.47. The number of nitrogens with one attached hydrogen (secondary N) is 2. The van der Waals surface area contributed by atoms with E-state index in [4.69, 9.17) is 8.94 Å². The van der Waals surface area contributed by atoms with Gasteiger partial charge in [-0.05, 0) is 37.3 Å². The number of rotatable bonds is 7. The van der Waals surface area contributed by atoms with Gasteiger partial charge in [-0.15, -0.1) is 0 Å². The molecular weight excluding hydrogens is 418 g/mol. The number of anilines is 1. The molecule has 158 valence electrons. The van der Waals surface area contributed by atoms with Crippen LogP contribution in [0.1, 0.15) is 21.9 Å². The summed E-state index contributed by atoms with van der Waals surface area (Å²) in [7, 11) is -3.80. The average molecular weight is 437 g/mol. The first-order chi connectivity index (χ1) is 14.9. The Morgan fingerprint density at radius 1 is 1.03 bits per heavy atom. The molecule has 2 aromatic carbocycles. The highest BCUT2D eigenvalue weighted by atomic mass is 32.2. The van der Waals surface area contributed by atoms with E-state index in [0.29, 0.717) is 22.9 Å². The minimum atomic E-state index is -3.80. The predicted molar refractivity (Wildman–Crippen MR) is 114 cm³/mol. The lowest BCUT2D eigenvalue weighted by Gasteiger charge is -2.09. The van der Waals surface area contributed by atoms with Crippen molar-refractivity contribution in [1.29, 1.82) is 0 Å². The minimum Gasteiger partial charge on any atom is -0.468 e. The number of furan rings is 1. The zero-order valence-corrected chi connectivity index (χ0v) is 17.3. The van der Waals surface area contributed by atoms with Crippen LogP contribution in [0.3, 0.4) is 0 Å². The summed E-state index contributed by atoms with van der Waals surface area (Å²) in [6, 6.07) is 18.5. The molecule has 0 aliphatic carbocycles. The fourth-order valence-electron chi connectivity index (χ4n) is 3.03. The molecule has 8 nitrogen and oxygen atoms in total. The van der Waals surface area contributed by atoms with Crippen LogP contribution in [0.2, 0.25) is 0 Å². The molecule has 1 amide bonds. The molecule has 0 saturated heterocycles. The molecule has 0 saturated carbocycles. The largest absolute Gasteiger partial charge is 0.468 e. The molecule has 2 N–H and O–H groups in total. The summed E-state index contributed by atoms with van der Waals surface area (Å²) in [5.41, 5.74) is 1.77. The van der Waals surface area contributed by atoms with Gasteiger partial charge >= 0.3 is 0 Å². The van der Waals surface area contributed by atoms with Gasteiger partial charge in [0, 0.05) is 11.3 Å². The third-order valence-corrected chi connectivity index (χ3v) is 5.95. The van der Waals surface area contributed by atoms with Crippen LogP contribution in [0.5, 0.6) is 0 Å². The first-order valence-electron chi connectivity index (χ1n) is 9.39. The number of aromatic nitrogens is 1. The second-order valence-electron chi connectivity index (χ2n) is 6.71. The maximum atomic E-state index is 12.9. The second-order valence-corrected chi connectivity index (χ2v) is 8.48. The van der Waals surface area contributed by atoms with Gasteiger partial charge in [-0.1, -0.05) is 41.6 Å². The summed E-state index contributed by atoms with van der Waals surface area (Å²) in [6.45, 7) is 1.67. The van der Waals surface area contributed by atoms with E-state index >= 15 is 0 Å². The van der Waals surface area contributed by atoms with E-state index in [-0.39, 0.29) is 17.0 Å². The van der Waals surface area contributed by atoms with Crippen molar-refractivity contribution in [3.05, 3.63) is 90.1 Å². The zero-order chi connectivity index (χ0) is 21.8. The highest BCUT2D eigenvalue weighted by molar-refractivity contribution is 7.89. The van der Waals surface area contributed by atoms with Gasteiger partial charge in [-0.25, -0.2) is 13.1 Å². The fraction of sp³-hybridized carbons (Fsp3) is 0.0909. The lowest BCUT2D eigenvalue weighted by atomic mass is 10.1. The van der Waals surface area contributed by atoms with E-state index < -0.39 is 15.9 Å². The molecule has 0 aliphatic heterocycles. The lowest BCUT2D eigenvalue weighted by molar-refractivity contribution is 0.102. The molecule has 4 aromatic rings. The van der Waals surface area contributed by atoms with Crippen LogP contribution in [0.15, 0.2) is 86.8 Å². The van der Waals surface area contributed by atoms with Crippen molar-refractivity contribution < 1.29 is 22.2 Å². The van der Waals surface area contributed by atoms with Crippen LogP contribution in [0.25, 0.3) is 11.3 Å². The number of sulfonamides is 1. The molecule has 9 heteroatoms. The van der Waals surface area contributed by atoms with E-state index in [1.54, 1.807) is 31.2 Å². The minimum absolute atomic E-state index is 0.0159. The number of carbonyl (C=O) groups excluding carboxylic acids is 1. The molecule has 2 aromatic heterocycles. The molecule has 0 atom stereocenters. The van der Waals surface area contributed by atoms with Crippen LogP contribution >= 0.6 is 0 Å². The molecule has 0 fully saturated rings. The smallest absolute Gasteiger partial charge is 0.261 e. The molecule has 0 bridgehead atoms. The Morgan fingerprint density at radius 2 is 1.84 bits per heavy atom. The maximum Gasteiger partial charge on any atom is 0.261 e. The van der Waals surface area contributed by atoms with Crippen LogP contribution < -0.4 is 10.0 Å². The number of nitrogens with zero attached hydrogens (tertiary/aromatic N) is 1. The molecule has 4 rings (SSSR count). The lowest BCUT2D eigenvalue weighted by Crippen LogP contribution is -2.23. The quantitative estimate of drug-likeness (QED) is 0.452. The number of amides is 1. The standard InChI is InChI=1S/C22H19N3O5S/c1-15-20(21(25-30-15)16-7-3-2-4-8-16)22(26)24-17-9-5-11-19(13-17)31(27,28)23-14-18-10-6-12-29-18/h2-13,23H,14H2,1H3,(H,24,26). The van der Waals surface area contributed by atoms with Crippen molar-refractivity contribution >= 4 is 21.6 Å². The SMILES string of the molecule is Cc1onc(-c2ccccc2)c1C(=O)Nc1cccc(S(=O)(=O)NCc2ccco2)c1. The van der Waals surface area contributed by atoms with E-state index in [0.717, 1.165) is 5.56 Å². The van der Waals surface area contributed by atoms with Gasteiger partial charge in [0.25, 0.3) is 5.91 Å². The van der Waals surface area contributed by atoms with Gasteiger partial charge in [0.2, 0.25) is 10.0 Å². The Kier molecular flexibility index (Phi) is 5.70. The van der Waals surface area contributed by atoms with E-state index in [9.17, 15) is 13.2 Å². The molecule has 31 heavy (non-hydrogen) atoms. The Hall–Kier alpha value is -3.69. The number of hydrogen-bond donors (Lipinski definition) is 2. The highest BCUT2D eigenvalue weighted by Gasteiger charge is 2.22. The van der Waals surface area contributed by atoms with Crippen molar-refractivity contribution in [3.8, 4) is 11.3 Å². The second kappa shape index (κ2) is 8.58. The molecule has 0 aliphatic rings. The number of hydrogen-bond acceptors (Lipinski definition) is 6. The summed E-state index contributed by atoms with van der Waals surface area (Å²) in [4.78, 5) is 13.0.